The summed E-state index contributed by atoms with van der Waals surface area (Å²) in [5.41, 5.74) is -1.23. The van der Waals surface area contributed by atoms with Gasteiger partial charge in [-0.05, 0) is 43.4 Å². The maximum Gasteiger partial charge on any atom is 0.416 e. The minimum Gasteiger partial charge on any atom is -0.356 e. The summed E-state index contributed by atoms with van der Waals surface area (Å²) >= 11 is 5.97. The van der Waals surface area contributed by atoms with Crippen LogP contribution in [0, 0.1) is 5.92 Å². The van der Waals surface area contributed by atoms with E-state index in [9.17, 15) is 26.4 Å². The highest BCUT2D eigenvalue weighted by Crippen LogP contribution is 2.36. The molecule has 164 valence electrons. The van der Waals surface area contributed by atoms with Gasteiger partial charge in [0.05, 0.1) is 22.5 Å². The molecule has 10 heteroatoms. The Kier molecular flexibility index (Phi) is 8.22. The van der Waals surface area contributed by atoms with Crippen LogP contribution in [0.3, 0.4) is 0 Å². The molecule has 0 unspecified atom stereocenters. The van der Waals surface area contributed by atoms with Crippen molar-refractivity contribution in [2.24, 2.45) is 5.92 Å². The monoisotopic (exact) mass is 454 g/mol. The smallest absolute Gasteiger partial charge is 0.356 e. The van der Waals surface area contributed by atoms with Gasteiger partial charge in [0.15, 0.2) is 0 Å². The molecule has 0 spiro atoms. The summed E-state index contributed by atoms with van der Waals surface area (Å²) in [6.07, 6.45) is 2.26. The van der Waals surface area contributed by atoms with Crippen molar-refractivity contribution in [2.75, 3.05) is 23.7 Å². The average molecular weight is 455 g/mol. The molecule has 0 aromatic heterocycles. The van der Waals surface area contributed by atoms with Crippen LogP contribution < -0.4 is 9.62 Å². The van der Waals surface area contributed by atoms with Crippen molar-refractivity contribution < 1.29 is 26.4 Å². The van der Waals surface area contributed by atoms with Crippen LogP contribution in [-0.2, 0) is 21.0 Å². The van der Waals surface area contributed by atoms with Gasteiger partial charge < -0.3 is 5.32 Å². The van der Waals surface area contributed by atoms with Crippen LogP contribution in [0.4, 0.5) is 18.9 Å². The lowest BCUT2D eigenvalue weighted by molar-refractivity contribution is -0.137. The van der Waals surface area contributed by atoms with Crippen LogP contribution in [0.2, 0.25) is 5.02 Å². The van der Waals surface area contributed by atoms with Crippen molar-refractivity contribution in [2.45, 2.75) is 51.1 Å². The molecule has 0 atom stereocenters. The molecule has 1 fully saturated rings. The fraction of sp³-hybridized carbons (Fsp3) is 0.632. The minimum absolute atomic E-state index is 0.0787. The number of carbonyl (C=O) groups excluding carboxylic acids is 1. The summed E-state index contributed by atoms with van der Waals surface area (Å²) in [6, 6.07) is 2.53. The number of rotatable bonds is 8. The van der Waals surface area contributed by atoms with Crippen LogP contribution in [0.1, 0.15) is 50.5 Å². The Morgan fingerprint density at radius 2 is 1.90 bits per heavy atom. The maximum atomic E-state index is 13.0. The lowest BCUT2D eigenvalue weighted by atomic mass is 9.89. The highest BCUT2D eigenvalue weighted by molar-refractivity contribution is 7.92. The van der Waals surface area contributed by atoms with E-state index >= 15 is 0 Å². The number of benzene rings is 1. The minimum atomic E-state index is -4.62. The van der Waals surface area contributed by atoms with Crippen molar-refractivity contribution in [3.05, 3.63) is 28.8 Å². The quantitative estimate of drug-likeness (QED) is 0.624. The van der Waals surface area contributed by atoms with Crippen molar-refractivity contribution >= 4 is 33.2 Å². The fourth-order valence-corrected chi connectivity index (χ4v) is 4.70. The summed E-state index contributed by atoms with van der Waals surface area (Å²) in [7, 11) is -3.88. The van der Waals surface area contributed by atoms with E-state index in [1.165, 1.54) is 19.3 Å². The molecule has 5 nitrogen and oxygen atoms in total. The summed E-state index contributed by atoms with van der Waals surface area (Å²) in [6.45, 7) is 0.463. The average Bonchev–Trinajstić information content (AvgIpc) is 2.63. The molecule has 0 aliphatic heterocycles. The highest BCUT2D eigenvalue weighted by Gasteiger charge is 2.32. The molecule has 1 aromatic rings. The molecule has 1 saturated carbocycles. The second kappa shape index (κ2) is 10.0. The van der Waals surface area contributed by atoms with Gasteiger partial charge in [-0.1, -0.05) is 30.9 Å². The van der Waals surface area contributed by atoms with E-state index in [2.05, 4.69) is 5.32 Å². The number of nitrogens with zero attached hydrogens (tertiary/aromatic N) is 1. The molecule has 29 heavy (non-hydrogen) atoms. The molecular formula is C19H26ClF3N2O3S. The predicted molar refractivity (Wildman–Crippen MR) is 107 cm³/mol. The third-order valence-electron chi connectivity index (χ3n) is 5.02. The second-order valence-electron chi connectivity index (χ2n) is 7.41. The zero-order valence-corrected chi connectivity index (χ0v) is 17.8. The number of hydrogen-bond acceptors (Lipinski definition) is 3. The Labute approximate surface area is 174 Å². The standard InChI is InChI=1S/C19H26ClF3N2O3S/c1-29(27,28)25(17-12-15(19(21,22)23)9-10-16(17)20)11-5-8-18(26)24-13-14-6-3-2-4-7-14/h9-10,12,14H,2-8,11,13H2,1H3,(H,24,26). The molecule has 1 aromatic carbocycles. The first-order valence-corrected chi connectivity index (χ1v) is 11.8. The summed E-state index contributed by atoms with van der Waals surface area (Å²) in [4.78, 5) is 12.1. The Hall–Kier alpha value is -1.48. The second-order valence-corrected chi connectivity index (χ2v) is 9.72. The highest BCUT2D eigenvalue weighted by atomic mass is 35.5. The van der Waals surface area contributed by atoms with Crippen LogP contribution in [0.25, 0.3) is 0 Å². The number of nitrogens with one attached hydrogen (secondary N) is 1. The molecule has 2 rings (SSSR count). The number of amides is 1. The lowest BCUT2D eigenvalue weighted by Gasteiger charge is -2.24. The first-order valence-electron chi connectivity index (χ1n) is 9.59. The van der Waals surface area contributed by atoms with Gasteiger partial charge >= 0.3 is 6.18 Å². The Bertz CT molecular complexity index is 809. The summed E-state index contributed by atoms with van der Waals surface area (Å²) in [5.74, 6) is 0.281. The van der Waals surface area contributed by atoms with E-state index < -0.39 is 21.8 Å². The topological polar surface area (TPSA) is 66.5 Å². The Balaban J connectivity index is 1.99. The van der Waals surface area contributed by atoms with Gasteiger partial charge in [0, 0.05) is 19.5 Å². The molecular weight excluding hydrogens is 429 g/mol. The van der Waals surface area contributed by atoms with Crippen LogP contribution in [0.15, 0.2) is 18.2 Å². The molecule has 1 amide bonds. The molecule has 0 saturated heterocycles. The van der Waals surface area contributed by atoms with E-state index in [1.54, 1.807) is 0 Å². The predicted octanol–water partition coefficient (Wildman–Crippen LogP) is 4.60. The number of carbonyl (C=O) groups is 1. The van der Waals surface area contributed by atoms with Crippen molar-refractivity contribution in [1.82, 2.24) is 5.32 Å². The zero-order chi connectivity index (χ0) is 21.7. The molecule has 1 N–H and O–H groups in total. The third-order valence-corrected chi connectivity index (χ3v) is 6.52. The number of anilines is 1. The fourth-order valence-electron chi connectivity index (χ4n) is 3.47. The van der Waals surface area contributed by atoms with Gasteiger partial charge in [0.1, 0.15) is 0 Å². The maximum absolute atomic E-state index is 13.0. The third kappa shape index (κ3) is 7.37. The number of halogens is 4. The number of sulfonamides is 1. The Morgan fingerprint density at radius 1 is 1.24 bits per heavy atom. The molecule has 0 radical (unpaired) electrons. The van der Waals surface area contributed by atoms with Gasteiger partial charge in [0.25, 0.3) is 0 Å². The lowest BCUT2D eigenvalue weighted by Crippen LogP contribution is -2.33. The van der Waals surface area contributed by atoms with E-state index in [-0.39, 0.29) is 36.0 Å². The van der Waals surface area contributed by atoms with Crippen LogP contribution >= 0.6 is 11.6 Å². The zero-order valence-electron chi connectivity index (χ0n) is 16.3. The van der Waals surface area contributed by atoms with Gasteiger partial charge in [-0.3, -0.25) is 9.10 Å². The molecule has 1 aliphatic rings. The number of hydrogen-bond donors (Lipinski definition) is 1. The number of alkyl halides is 3. The van der Waals surface area contributed by atoms with Crippen molar-refractivity contribution in [1.29, 1.82) is 0 Å². The van der Waals surface area contributed by atoms with Gasteiger partial charge in [0.2, 0.25) is 15.9 Å². The van der Waals surface area contributed by atoms with E-state index in [4.69, 9.17) is 11.6 Å². The van der Waals surface area contributed by atoms with Crippen LogP contribution in [-0.4, -0.2) is 33.7 Å². The first kappa shape index (κ1) is 23.8. The molecule has 1 aliphatic carbocycles. The van der Waals surface area contributed by atoms with Crippen LogP contribution in [0.5, 0.6) is 0 Å². The van der Waals surface area contributed by atoms with E-state index in [0.29, 0.717) is 18.5 Å². The van der Waals surface area contributed by atoms with Crippen molar-refractivity contribution in [3.8, 4) is 0 Å². The van der Waals surface area contributed by atoms with E-state index in [1.807, 2.05) is 0 Å². The summed E-state index contributed by atoms with van der Waals surface area (Å²) < 4.78 is 64.1. The van der Waals surface area contributed by atoms with Gasteiger partial charge in [-0.25, -0.2) is 8.42 Å². The molecule has 0 bridgehead atoms. The van der Waals surface area contributed by atoms with Crippen molar-refractivity contribution in [3.63, 3.8) is 0 Å². The summed E-state index contributed by atoms with van der Waals surface area (Å²) in [5, 5.41) is 2.76. The van der Waals surface area contributed by atoms with Gasteiger partial charge in [-0.2, -0.15) is 13.2 Å². The Morgan fingerprint density at radius 3 is 2.48 bits per heavy atom. The van der Waals surface area contributed by atoms with Gasteiger partial charge in [-0.15, -0.1) is 0 Å². The first-order chi connectivity index (χ1) is 13.5. The SMILES string of the molecule is CS(=O)(=O)N(CCCC(=O)NCC1CCCCC1)c1cc(C(F)(F)F)ccc1Cl. The largest absolute Gasteiger partial charge is 0.416 e. The normalized spacial score (nSPS) is 15.9. The molecule has 0 heterocycles. The van der Waals surface area contributed by atoms with E-state index in [0.717, 1.165) is 35.5 Å².